The molecule has 0 radical (unpaired) electrons. The standard InChI is InChI=1S/C9H7F2NS/c1-2-7-12-9-6(13-7)4-3-5(10)8(9)11/h3-4H,2H2,1H3. The lowest BCUT2D eigenvalue weighted by molar-refractivity contribution is 0.515. The van der Waals surface area contributed by atoms with Gasteiger partial charge in [0.05, 0.1) is 9.71 Å². The van der Waals surface area contributed by atoms with Crippen molar-refractivity contribution in [3.8, 4) is 0 Å². The third-order valence-electron chi connectivity index (χ3n) is 1.80. The van der Waals surface area contributed by atoms with E-state index in [0.29, 0.717) is 4.70 Å². The van der Waals surface area contributed by atoms with Crippen LogP contribution in [0.25, 0.3) is 10.2 Å². The first-order valence-electron chi connectivity index (χ1n) is 3.95. The number of aryl methyl sites for hydroxylation is 1. The molecular formula is C9H7F2NS. The lowest BCUT2D eigenvalue weighted by Gasteiger charge is -1.90. The molecule has 0 bridgehead atoms. The summed E-state index contributed by atoms with van der Waals surface area (Å²) in [6.07, 6.45) is 0.750. The molecule has 1 aromatic heterocycles. The number of halogens is 2. The average molecular weight is 199 g/mol. The van der Waals surface area contributed by atoms with Gasteiger partial charge in [-0.3, -0.25) is 0 Å². The lowest BCUT2D eigenvalue weighted by Crippen LogP contribution is -1.84. The van der Waals surface area contributed by atoms with Crippen molar-refractivity contribution >= 4 is 21.6 Å². The Morgan fingerprint density at radius 1 is 1.38 bits per heavy atom. The van der Waals surface area contributed by atoms with Gasteiger partial charge in [0.15, 0.2) is 11.6 Å². The topological polar surface area (TPSA) is 12.9 Å². The molecule has 0 amide bonds. The zero-order valence-electron chi connectivity index (χ0n) is 6.97. The normalized spacial score (nSPS) is 11.0. The van der Waals surface area contributed by atoms with E-state index in [-0.39, 0.29) is 5.52 Å². The van der Waals surface area contributed by atoms with Gasteiger partial charge in [-0.2, -0.15) is 0 Å². The third kappa shape index (κ3) is 1.31. The highest BCUT2D eigenvalue weighted by atomic mass is 32.1. The molecule has 0 aliphatic heterocycles. The largest absolute Gasteiger partial charge is 0.238 e. The molecule has 1 nitrogen and oxygen atoms in total. The monoisotopic (exact) mass is 199 g/mol. The van der Waals surface area contributed by atoms with Crippen molar-refractivity contribution < 1.29 is 8.78 Å². The molecule has 68 valence electrons. The number of hydrogen-bond acceptors (Lipinski definition) is 2. The Balaban J connectivity index is 2.76. The van der Waals surface area contributed by atoms with Crippen LogP contribution in [0, 0.1) is 11.6 Å². The van der Waals surface area contributed by atoms with Gasteiger partial charge in [0.2, 0.25) is 0 Å². The second-order valence-corrected chi connectivity index (χ2v) is 3.78. The van der Waals surface area contributed by atoms with Gasteiger partial charge in [0, 0.05) is 0 Å². The Morgan fingerprint density at radius 2 is 2.15 bits per heavy atom. The molecule has 0 saturated carbocycles. The van der Waals surface area contributed by atoms with Gasteiger partial charge in [0.1, 0.15) is 5.52 Å². The highest BCUT2D eigenvalue weighted by molar-refractivity contribution is 7.18. The van der Waals surface area contributed by atoms with E-state index < -0.39 is 11.6 Å². The van der Waals surface area contributed by atoms with Crippen LogP contribution in [0.5, 0.6) is 0 Å². The van der Waals surface area contributed by atoms with Gasteiger partial charge < -0.3 is 0 Å². The molecule has 0 N–H and O–H groups in total. The van der Waals surface area contributed by atoms with Gasteiger partial charge >= 0.3 is 0 Å². The van der Waals surface area contributed by atoms with Crippen molar-refractivity contribution in [2.24, 2.45) is 0 Å². The summed E-state index contributed by atoms with van der Waals surface area (Å²) in [5.74, 6) is -1.67. The molecule has 2 rings (SSSR count). The van der Waals surface area contributed by atoms with Crippen molar-refractivity contribution in [3.63, 3.8) is 0 Å². The van der Waals surface area contributed by atoms with Crippen LogP contribution in [0.1, 0.15) is 11.9 Å². The molecule has 13 heavy (non-hydrogen) atoms. The molecule has 0 atom stereocenters. The minimum atomic E-state index is -0.839. The van der Waals surface area contributed by atoms with Crippen LogP contribution in [0.3, 0.4) is 0 Å². The van der Waals surface area contributed by atoms with Crippen LogP contribution >= 0.6 is 11.3 Å². The molecular weight excluding hydrogens is 192 g/mol. The zero-order valence-corrected chi connectivity index (χ0v) is 7.79. The molecule has 4 heteroatoms. The Kier molecular flexibility index (Phi) is 2.00. The van der Waals surface area contributed by atoms with Gasteiger partial charge in [-0.05, 0) is 18.6 Å². The fourth-order valence-corrected chi connectivity index (χ4v) is 2.04. The van der Waals surface area contributed by atoms with Gasteiger partial charge in [-0.15, -0.1) is 11.3 Å². The van der Waals surface area contributed by atoms with Crippen LogP contribution in [0.15, 0.2) is 12.1 Å². The van der Waals surface area contributed by atoms with Crippen molar-refractivity contribution in [3.05, 3.63) is 28.8 Å². The quantitative estimate of drug-likeness (QED) is 0.687. The van der Waals surface area contributed by atoms with Crippen molar-refractivity contribution in [2.45, 2.75) is 13.3 Å². The SMILES string of the molecule is CCc1nc2c(F)c(F)ccc2s1. The second-order valence-electron chi connectivity index (χ2n) is 2.67. The van der Waals surface area contributed by atoms with Crippen LogP contribution in [-0.4, -0.2) is 4.98 Å². The van der Waals surface area contributed by atoms with Crippen molar-refractivity contribution in [1.29, 1.82) is 0 Å². The fourth-order valence-electron chi connectivity index (χ4n) is 1.13. The molecule has 1 aromatic carbocycles. The van der Waals surface area contributed by atoms with E-state index >= 15 is 0 Å². The van der Waals surface area contributed by atoms with E-state index in [1.807, 2.05) is 6.92 Å². The number of thiazole rings is 1. The minimum absolute atomic E-state index is 0.154. The number of benzene rings is 1. The van der Waals surface area contributed by atoms with Crippen molar-refractivity contribution in [1.82, 2.24) is 4.98 Å². The zero-order chi connectivity index (χ0) is 9.42. The molecule has 0 fully saturated rings. The molecule has 0 saturated heterocycles. The number of nitrogens with zero attached hydrogens (tertiary/aromatic N) is 1. The molecule has 2 aromatic rings. The Labute approximate surface area is 78.0 Å². The van der Waals surface area contributed by atoms with E-state index in [0.717, 1.165) is 17.5 Å². The summed E-state index contributed by atoms with van der Waals surface area (Å²) in [6, 6.07) is 2.69. The Morgan fingerprint density at radius 3 is 2.85 bits per heavy atom. The predicted molar refractivity (Wildman–Crippen MR) is 48.9 cm³/mol. The number of fused-ring (bicyclic) bond motifs is 1. The van der Waals surface area contributed by atoms with E-state index in [1.165, 1.54) is 11.3 Å². The maximum atomic E-state index is 13.1. The lowest BCUT2D eigenvalue weighted by atomic mass is 10.3. The van der Waals surface area contributed by atoms with Crippen LogP contribution in [0.2, 0.25) is 0 Å². The second kappa shape index (κ2) is 3.03. The third-order valence-corrected chi connectivity index (χ3v) is 2.96. The maximum absolute atomic E-state index is 13.1. The Hall–Kier alpha value is -1.03. The first kappa shape index (κ1) is 8.56. The van der Waals surface area contributed by atoms with Gasteiger partial charge in [-0.25, -0.2) is 13.8 Å². The van der Waals surface area contributed by atoms with Gasteiger partial charge in [0.25, 0.3) is 0 Å². The molecule has 0 aliphatic carbocycles. The number of aromatic nitrogens is 1. The summed E-state index contributed by atoms with van der Waals surface area (Å²) < 4.78 is 26.6. The number of hydrogen-bond donors (Lipinski definition) is 0. The number of rotatable bonds is 1. The summed E-state index contributed by atoms with van der Waals surface area (Å²) >= 11 is 1.40. The summed E-state index contributed by atoms with van der Waals surface area (Å²) in [4.78, 5) is 4.00. The van der Waals surface area contributed by atoms with E-state index in [9.17, 15) is 8.78 Å². The smallest absolute Gasteiger partial charge is 0.185 e. The van der Waals surface area contributed by atoms with E-state index in [4.69, 9.17) is 0 Å². The van der Waals surface area contributed by atoms with Crippen LogP contribution in [-0.2, 0) is 6.42 Å². The fraction of sp³-hybridized carbons (Fsp3) is 0.222. The van der Waals surface area contributed by atoms with E-state index in [2.05, 4.69) is 4.98 Å². The molecule has 0 unspecified atom stereocenters. The van der Waals surface area contributed by atoms with Crippen LogP contribution < -0.4 is 0 Å². The maximum Gasteiger partial charge on any atom is 0.185 e. The van der Waals surface area contributed by atoms with E-state index in [1.54, 1.807) is 6.07 Å². The minimum Gasteiger partial charge on any atom is -0.238 e. The molecule has 1 heterocycles. The first-order chi connectivity index (χ1) is 6.22. The van der Waals surface area contributed by atoms with Gasteiger partial charge in [-0.1, -0.05) is 6.92 Å². The first-order valence-corrected chi connectivity index (χ1v) is 4.77. The summed E-state index contributed by atoms with van der Waals surface area (Å²) in [6.45, 7) is 1.94. The highest BCUT2D eigenvalue weighted by Crippen LogP contribution is 2.25. The summed E-state index contributed by atoms with van der Waals surface area (Å²) in [5, 5.41) is 0.833. The Bertz CT molecular complexity index is 450. The van der Waals surface area contributed by atoms with Crippen LogP contribution in [0.4, 0.5) is 8.78 Å². The predicted octanol–water partition coefficient (Wildman–Crippen LogP) is 3.14. The van der Waals surface area contributed by atoms with Crippen molar-refractivity contribution in [2.75, 3.05) is 0 Å². The molecule has 0 aliphatic rings. The highest BCUT2D eigenvalue weighted by Gasteiger charge is 2.10. The summed E-state index contributed by atoms with van der Waals surface area (Å²) in [7, 11) is 0. The summed E-state index contributed by atoms with van der Waals surface area (Å²) in [5.41, 5.74) is 0.154. The average Bonchev–Trinajstić information content (AvgIpc) is 2.55. The molecule has 0 spiro atoms.